The number of hydrogen-bond donors (Lipinski definition) is 1. The highest BCUT2D eigenvalue weighted by Gasteiger charge is 2.40. The molecule has 1 atom stereocenters. The van der Waals surface area contributed by atoms with Gasteiger partial charge >= 0.3 is 5.97 Å². The number of hydrogen-bond acceptors (Lipinski definition) is 5. The molecular formula is C15H16N2O3S2. The first kappa shape index (κ1) is 16.6. The Labute approximate surface area is 138 Å². The number of rotatable bonds is 5. The maximum absolute atomic E-state index is 12.5. The molecule has 2 heterocycles. The lowest BCUT2D eigenvalue weighted by atomic mass is 10.0. The maximum atomic E-state index is 12.5. The first-order valence-electron chi connectivity index (χ1n) is 6.80. The van der Waals surface area contributed by atoms with Crippen LogP contribution in [0.1, 0.15) is 25.8 Å². The first-order valence-corrected chi connectivity index (χ1v) is 8.02. The molecule has 5 nitrogen and oxygen atoms in total. The summed E-state index contributed by atoms with van der Waals surface area (Å²) >= 11 is 6.33. The number of carbonyl (C=O) groups is 2. The maximum Gasteiger partial charge on any atom is 0.326 e. The Morgan fingerprint density at radius 2 is 2.27 bits per heavy atom. The van der Waals surface area contributed by atoms with E-state index in [0.717, 1.165) is 17.3 Å². The zero-order valence-corrected chi connectivity index (χ0v) is 13.9. The van der Waals surface area contributed by atoms with Gasteiger partial charge in [0.2, 0.25) is 0 Å². The normalized spacial score (nSPS) is 18.3. The SMILES string of the molecule is CC(C)CC(C(=O)O)N1C(=O)/C(=C/c2cccnc2)SC1=S. The van der Waals surface area contributed by atoms with Crippen LogP contribution in [0, 0.1) is 5.92 Å². The lowest BCUT2D eigenvalue weighted by Gasteiger charge is -2.24. The van der Waals surface area contributed by atoms with Crippen LogP contribution in [0.2, 0.25) is 0 Å². The molecule has 22 heavy (non-hydrogen) atoms. The van der Waals surface area contributed by atoms with Gasteiger partial charge in [0, 0.05) is 12.4 Å². The van der Waals surface area contributed by atoms with Gasteiger partial charge in [-0.25, -0.2) is 4.79 Å². The molecule has 0 saturated carbocycles. The lowest BCUT2D eigenvalue weighted by molar-refractivity contribution is -0.145. The van der Waals surface area contributed by atoms with Gasteiger partial charge in [-0.1, -0.05) is 43.9 Å². The van der Waals surface area contributed by atoms with E-state index < -0.39 is 12.0 Å². The van der Waals surface area contributed by atoms with Crippen molar-refractivity contribution in [2.24, 2.45) is 5.92 Å². The summed E-state index contributed by atoms with van der Waals surface area (Å²) in [4.78, 5) is 29.6. The summed E-state index contributed by atoms with van der Waals surface area (Å²) in [7, 11) is 0. The summed E-state index contributed by atoms with van der Waals surface area (Å²) in [5, 5.41) is 9.40. The minimum Gasteiger partial charge on any atom is -0.480 e. The van der Waals surface area contributed by atoms with Gasteiger partial charge in [0.15, 0.2) is 0 Å². The van der Waals surface area contributed by atoms with Crippen molar-refractivity contribution in [3.8, 4) is 0 Å². The monoisotopic (exact) mass is 336 g/mol. The third-order valence-electron chi connectivity index (χ3n) is 3.10. The van der Waals surface area contributed by atoms with Crippen molar-refractivity contribution in [3.05, 3.63) is 35.0 Å². The van der Waals surface area contributed by atoms with Crippen molar-refractivity contribution in [1.29, 1.82) is 0 Å². The van der Waals surface area contributed by atoms with Crippen molar-refractivity contribution in [2.45, 2.75) is 26.3 Å². The van der Waals surface area contributed by atoms with E-state index >= 15 is 0 Å². The molecule has 7 heteroatoms. The average molecular weight is 336 g/mol. The predicted octanol–water partition coefficient (Wildman–Crippen LogP) is 2.78. The number of carbonyl (C=O) groups excluding carboxylic acids is 1. The largest absolute Gasteiger partial charge is 0.480 e. The zero-order valence-electron chi connectivity index (χ0n) is 12.2. The van der Waals surface area contributed by atoms with Crippen LogP contribution in [0.25, 0.3) is 6.08 Å². The molecule has 1 aromatic rings. The molecular weight excluding hydrogens is 320 g/mol. The zero-order chi connectivity index (χ0) is 16.3. The van der Waals surface area contributed by atoms with E-state index in [1.165, 1.54) is 4.90 Å². The van der Waals surface area contributed by atoms with E-state index in [-0.39, 0.29) is 16.1 Å². The number of thioether (sulfide) groups is 1. The fourth-order valence-corrected chi connectivity index (χ4v) is 3.48. The van der Waals surface area contributed by atoms with Gasteiger partial charge in [-0.2, -0.15) is 0 Å². The highest BCUT2D eigenvalue weighted by molar-refractivity contribution is 8.26. The van der Waals surface area contributed by atoms with Crippen LogP contribution in [-0.4, -0.2) is 37.2 Å². The third-order valence-corrected chi connectivity index (χ3v) is 4.43. The topological polar surface area (TPSA) is 70.5 Å². The Kier molecular flexibility index (Phi) is 5.31. The molecule has 0 radical (unpaired) electrons. The molecule has 1 N–H and O–H groups in total. The predicted molar refractivity (Wildman–Crippen MR) is 90.1 cm³/mol. The second-order valence-electron chi connectivity index (χ2n) is 5.32. The quantitative estimate of drug-likeness (QED) is 0.658. The lowest BCUT2D eigenvalue weighted by Crippen LogP contribution is -2.44. The molecule has 2 rings (SSSR count). The van der Waals surface area contributed by atoms with E-state index in [1.807, 2.05) is 19.9 Å². The van der Waals surface area contributed by atoms with Crippen LogP contribution in [0.3, 0.4) is 0 Å². The summed E-state index contributed by atoms with van der Waals surface area (Å²) in [5.74, 6) is -1.24. The van der Waals surface area contributed by atoms with Gasteiger partial charge < -0.3 is 5.11 Å². The summed E-state index contributed by atoms with van der Waals surface area (Å²) in [6.45, 7) is 3.83. The van der Waals surface area contributed by atoms with Crippen molar-refractivity contribution in [3.63, 3.8) is 0 Å². The summed E-state index contributed by atoms with van der Waals surface area (Å²) in [5.41, 5.74) is 0.777. The summed E-state index contributed by atoms with van der Waals surface area (Å²) in [6, 6.07) is 2.67. The van der Waals surface area contributed by atoms with Gasteiger partial charge in [0.1, 0.15) is 10.4 Å². The molecule has 1 fully saturated rings. The fraction of sp³-hybridized carbons (Fsp3) is 0.333. The van der Waals surface area contributed by atoms with Gasteiger partial charge in [-0.3, -0.25) is 14.7 Å². The van der Waals surface area contributed by atoms with Gasteiger partial charge in [0.05, 0.1) is 4.91 Å². The molecule has 1 unspecified atom stereocenters. The smallest absolute Gasteiger partial charge is 0.326 e. The number of nitrogens with zero attached hydrogens (tertiary/aromatic N) is 2. The molecule has 0 bridgehead atoms. The van der Waals surface area contributed by atoms with Gasteiger partial charge in [-0.05, 0) is 30.0 Å². The minimum atomic E-state index is -1.03. The van der Waals surface area contributed by atoms with E-state index in [0.29, 0.717) is 11.3 Å². The van der Waals surface area contributed by atoms with Crippen LogP contribution in [0.5, 0.6) is 0 Å². The number of aliphatic carboxylic acids is 1. The van der Waals surface area contributed by atoms with E-state index in [4.69, 9.17) is 12.2 Å². The van der Waals surface area contributed by atoms with Crippen LogP contribution in [0.4, 0.5) is 0 Å². The summed E-state index contributed by atoms with van der Waals surface area (Å²) < 4.78 is 0.285. The van der Waals surface area contributed by atoms with Crippen molar-refractivity contribution in [1.82, 2.24) is 9.88 Å². The minimum absolute atomic E-state index is 0.146. The highest BCUT2D eigenvalue weighted by Crippen LogP contribution is 2.35. The number of thiocarbonyl (C=S) groups is 1. The second-order valence-corrected chi connectivity index (χ2v) is 7.00. The molecule has 1 aromatic heterocycles. The van der Waals surface area contributed by atoms with Crippen LogP contribution < -0.4 is 0 Å². The Morgan fingerprint density at radius 3 is 2.82 bits per heavy atom. The standard InChI is InChI=1S/C15H16N2O3S2/c1-9(2)6-11(14(19)20)17-13(18)12(22-15(17)21)7-10-4-3-5-16-8-10/h3-5,7-9,11H,6H2,1-2H3,(H,19,20)/b12-7-. The Balaban J connectivity index is 2.28. The molecule has 0 aliphatic carbocycles. The average Bonchev–Trinajstić information content (AvgIpc) is 2.72. The number of carboxylic acids is 1. The fourth-order valence-electron chi connectivity index (χ4n) is 2.12. The van der Waals surface area contributed by atoms with Crippen LogP contribution in [0.15, 0.2) is 29.4 Å². The molecule has 0 spiro atoms. The number of amides is 1. The van der Waals surface area contributed by atoms with Gasteiger partial charge in [0.25, 0.3) is 5.91 Å². The Hall–Kier alpha value is -1.73. The van der Waals surface area contributed by atoms with E-state index in [1.54, 1.807) is 24.5 Å². The Morgan fingerprint density at radius 1 is 1.55 bits per heavy atom. The van der Waals surface area contributed by atoms with Crippen LogP contribution in [-0.2, 0) is 9.59 Å². The number of pyridine rings is 1. The molecule has 0 aromatic carbocycles. The number of carboxylic acid groups (broad SMARTS) is 1. The first-order chi connectivity index (χ1) is 10.4. The molecule has 1 amide bonds. The van der Waals surface area contributed by atoms with Crippen molar-refractivity contribution in [2.75, 3.05) is 0 Å². The second kappa shape index (κ2) is 7.02. The molecule has 116 valence electrons. The van der Waals surface area contributed by atoms with Gasteiger partial charge in [-0.15, -0.1) is 0 Å². The number of aromatic nitrogens is 1. The highest BCUT2D eigenvalue weighted by atomic mass is 32.2. The van der Waals surface area contributed by atoms with E-state index in [9.17, 15) is 14.7 Å². The van der Waals surface area contributed by atoms with Crippen molar-refractivity contribution < 1.29 is 14.7 Å². The molecule has 1 aliphatic rings. The molecule has 1 aliphatic heterocycles. The molecule has 1 saturated heterocycles. The Bertz CT molecular complexity index is 629. The van der Waals surface area contributed by atoms with Crippen molar-refractivity contribution >= 4 is 46.3 Å². The van der Waals surface area contributed by atoms with Crippen LogP contribution >= 0.6 is 24.0 Å². The van der Waals surface area contributed by atoms with E-state index in [2.05, 4.69) is 4.98 Å². The third kappa shape index (κ3) is 3.72. The summed E-state index contributed by atoms with van der Waals surface area (Å²) in [6.07, 6.45) is 5.32.